The topological polar surface area (TPSA) is 217 Å². The van der Waals surface area contributed by atoms with Crippen molar-refractivity contribution in [1.82, 2.24) is 0 Å². The average Bonchev–Trinajstić information content (AvgIpc) is 3.34. The first-order valence-corrected chi connectivity index (χ1v) is 18.7. The number of carboxylic acids is 1. The summed E-state index contributed by atoms with van der Waals surface area (Å²) in [7, 11) is -4.85. The van der Waals surface area contributed by atoms with Gasteiger partial charge in [-0.1, -0.05) is 46.3 Å². The van der Waals surface area contributed by atoms with E-state index >= 15 is 0 Å². The Morgan fingerprint density at radius 2 is 1.71 bits per heavy atom. The maximum absolute atomic E-state index is 13.1. The molecule has 5 aliphatic rings. The van der Waals surface area contributed by atoms with Gasteiger partial charge in [-0.2, -0.15) is 8.42 Å². The second kappa shape index (κ2) is 13.2. The number of fused-ring (bicyclic) bond motifs is 5. The highest BCUT2D eigenvalue weighted by molar-refractivity contribution is 7.80. The van der Waals surface area contributed by atoms with Crippen LogP contribution in [0.15, 0.2) is 11.6 Å². The Kier molecular flexibility index (Phi) is 10.4. The molecule has 4 fully saturated rings. The fourth-order valence-electron chi connectivity index (χ4n) is 10.3. The van der Waals surface area contributed by atoms with E-state index in [9.17, 15) is 48.1 Å². The summed E-state index contributed by atoms with van der Waals surface area (Å²) in [6, 6.07) is 0. The lowest BCUT2D eigenvalue weighted by Crippen LogP contribution is -2.61. The smallest absolute Gasteiger partial charge is 0.397 e. The zero-order chi connectivity index (χ0) is 35.7. The van der Waals surface area contributed by atoms with Gasteiger partial charge in [0.1, 0.15) is 24.1 Å². The van der Waals surface area contributed by atoms with E-state index < -0.39 is 76.2 Å². The van der Waals surface area contributed by atoms with Gasteiger partial charge in [0, 0.05) is 12.3 Å². The molecule has 1 aliphatic heterocycles. The Morgan fingerprint density at radius 1 is 1.04 bits per heavy atom. The number of hydrogen-bond acceptors (Lipinski definition) is 11. The van der Waals surface area contributed by atoms with Gasteiger partial charge in [0.15, 0.2) is 12.4 Å². The molecule has 0 radical (unpaired) electrons. The van der Waals surface area contributed by atoms with Crippen LogP contribution in [0.2, 0.25) is 0 Å². The third-order valence-corrected chi connectivity index (χ3v) is 13.6. The van der Waals surface area contributed by atoms with Crippen molar-refractivity contribution < 1.29 is 61.7 Å². The fraction of sp³-hybridized carbons (Fsp3) is 0.882. The van der Waals surface area contributed by atoms with Crippen molar-refractivity contribution >= 4 is 22.2 Å². The van der Waals surface area contributed by atoms with Gasteiger partial charge >= 0.3 is 16.4 Å². The van der Waals surface area contributed by atoms with Gasteiger partial charge in [-0.3, -0.25) is 9.35 Å². The molecule has 13 nitrogen and oxygen atoms in total. The van der Waals surface area contributed by atoms with E-state index in [4.69, 9.17) is 13.7 Å². The van der Waals surface area contributed by atoms with Crippen molar-refractivity contribution in [2.45, 2.75) is 141 Å². The number of ether oxygens (including phenoxy) is 2. The molecule has 4 unspecified atom stereocenters. The zero-order valence-corrected chi connectivity index (χ0v) is 29.5. The molecule has 14 heteroatoms. The number of aliphatic hydroxyl groups excluding tert-OH is 3. The minimum atomic E-state index is -4.85. The van der Waals surface area contributed by atoms with Gasteiger partial charge in [-0.15, -0.1) is 0 Å². The molecular weight excluding hydrogens is 648 g/mol. The fourth-order valence-corrected chi connectivity index (χ4v) is 10.8. The molecule has 6 N–H and O–H groups in total. The van der Waals surface area contributed by atoms with Crippen LogP contribution in [0.3, 0.4) is 0 Å². The average molecular weight is 703 g/mol. The SMILES string of the molecule is CC(C)[C@H](C)C(=O)C[C@](C)(O)[C@H]1CCC2C3C[C@H](OS(=O)(=O)O)C4CC(O[C@@H]5O[C@H](C(=O)O)[C@@H](O)[C@H](O)[C@H]5O)CC[C@]4(C)C3=CC[C@@]21C. The van der Waals surface area contributed by atoms with Crippen molar-refractivity contribution in [3.63, 3.8) is 0 Å². The Morgan fingerprint density at radius 3 is 2.31 bits per heavy atom. The van der Waals surface area contributed by atoms with E-state index in [-0.39, 0.29) is 53.6 Å². The number of ketones is 1. The van der Waals surface area contributed by atoms with Crippen LogP contribution in [0.1, 0.15) is 92.9 Å². The van der Waals surface area contributed by atoms with Crippen LogP contribution in [-0.4, -0.2) is 98.8 Å². The summed E-state index contributed by atoms with van der Waals surface area (Å²) in [6.07, 6.45) is -4.35. The maximum atomic E-state index is 13.1. The first-order valence-electron chi connectivity index (χ1n) is 17.3. The van der Waals surface area contributed by atoms with E-state index in [1.807, 2.05) is 20.8 Å². The second-order valence-corrected chi connectivity index (χ2v) is 17.4. The van der Waals surface area contributed by atoms with Crippen molar-refractivity contribution in [3.05, 3.63) is 11.6 Å². The molecule has 274 valence electrons. The molecule has 0 spiro atoms. The Balaban J connectivity index is 1.40. The van der Waals surface area contributed by atoms with Crippen molar-refractivity contribution in [2.24, 2.45) is 46.3 Å². The van der Waals surface area contributed by atoms with Crippen molar-refractivity contribution in [3.8, 4) is 0 Å². The van der Waals surface area contributed by atoms with Crippen molar-refractivity contribution in [2.75, 3.05) is 0 Å². The molecule has 0 aromatic carbocycles. The number of carboxylic acid groups (broad SMARTS) is 1. The largest absolute Gasteiger partial charge is 0.479 e. The molecule has 4 aliphatic carbocycles. The van der Waals surface area contributed by atoms with E-state index in [1.165, 1.54) is 5.57 Å². The van der Waals surface area contributed by atoms with Gasteiger partial charge in [-0.25, -0.2) is 8.98 Å². The third kappa shape index (κ3) is 6.78. The van der Waals surface area contributed by atoms with Gasteiger partial charge in [0.25, 0.3) is 0 Å². The summed E-state index contributed by atoms with van der Waals surface area (Å²) in [5.74, 6) is -2.11. The zero-order valence-electron chi connectivity index (χ0n) is 28.7. The highest BCUT2D eigenvalue weighted by Crippen LogP contribution is 2.67. The highest BCUT2D eigenvalue weighted by Gasteiger charge is 2.63. The predicted molar refractivity (Wildman–Crippen MR) is 170 cm³/mol. The lowest BCUT2D eigenvalue weighted by atomic mass is 9.47. The molecule has 0 bridgehead atoms. The van der Waals surface area contributed by atoms with Crippen LogP contribution in [0.5, 0.6) is 0 Å². The van der Waals surface area contributed by atoms with Crippen molar-refractivity contribution in [1.29, 1.82) is 0 Å². The van der Waals surface area contributed by atoms with E-state index in [0.29, 0.717) is 25.7 Å². The number of allylic oxidation sites excluding steroid dienone is 2. The molecule has 5 rings (SSSR count). The molecule has 1 heterocycles. The van der Waals surface area contributed by atoms with E-state index in [1.54, 1.807) is 6.92 Å². The van der Waals surface area contributed by atoms with Crippen LogP contribution in [0.4, 0.5) is 0 Å². The van der Waals surface area contributed by atoms with Crippen LogP contribution in [0, 0.1) is 46.3 Å². The van der Waals surface area contributed by atoms with Gasteiger partial charge in [-0.05, 0) is 92.3 Å². The van der Waals surface area contributed by atoms with Crippen LogP contribution < -0.4 is 0 Å². The maximum Gasteiger partial charge on any atom is 0.397 e. The van der Waals surface area contributed by atoms with Crippen LogP contribution >= 0.6 is 0 Å². The summed E-state index contributed by atoms with van der Waals surface area (Å²) in [5, 5.41) is 52.1. The Labute approximate surface area is 283 Å². The predicted octanol–water partition coefficient (Wildman–Crippen LogP) is 2.64. The van der Waals surface area contributed by atoms with E-state index in [2.05, 4.69) is 19.9 Å². The molecule has 3 saturated carbocycles. The first kappa shape index (κ1) is 37.8. The lowest BCUT2D eigenvalue weighted by Gasteiger charge is -2.59. The minimum Gasteiger partial charge on any atom is -0.479 e. The van der Waals surface area contributed by atoms with Gasteiger partial charge in [0.05, 0.1) is 17.8 Å². The second-order valence-electron chi connectivity index (χ2n) is 16.3. The molecule has 0 aromatic rings. The molecule has 1 saturated heterocycles. The monoisotopic (exact) mass is 702 g/mol. The molecule has 0 aromatic heterocycles. The summed E-state index contributed by atoms with van der Waals surface area (Å²) >= 11 is 0. The highest BCUT2D eigenvalue weighted by atomic mass is 32.3. The minimum absolute atomic E-state index is 0.0398. The van der Waals surface area contributed by atoms with E-state index in [0.717, 1.165) is 12.8 Å². The standard InChI is InChI=1S/C34H54O13S/c1-16(2)17(3)23(35)15-34(6,41)25-8-7-20-19-14-24(47-48(42,43)44)22-13-18(9-11-32(22,4)21(19)10-12-33(20,25)5)45-31-28(38)26(36)27(37)29(46-31)30(39)40/h10,16-20,22,24-29,31,36-38,41H,7-9,11-15H2,1-6H3,(H,39,40)(H,42,43,44)/t17-,18?,19?,20?,22?,24-,25-,26-,27-,28+,29-,31+,32+,33-,34-/m0/s1. The lowest BCUT2D eigenvalue weighted by molar-refractivity contribution is -0.309. The number of Topliss-reactive ketones (excluding diaryl/α,β-unsaturated/α-hetero) is 1. The van der Waals surface area contributed by atoms with Crippen LogP contribution in [0.25, 0.3) is 0 Å². The number of carbonyl (C=O) groups excluding carboxylic acids is 1. The van der Waals surface area contributed by atoms with Crippen LogP contribution in [-0.2, 0) is 33.6 Å². The van der Waals surface area contributed by atoms with Gasteiger partial charge < -0.3 is 35.0 Å². The molecule has 15 atom stereocenters. The summed E-state index contributed by atoms with van der Waals surface area (Å²) in [6.45, 7) is 11.9. The summed E-state index contributed by atoms with van der Waals surface area (Å²) < 4.78 is 51.0. The third-order valence-electron chi connectivity index (χ3n) is 13.1. The summed E-state index contributed by atoms with van der Waals surface area (Å²) in [5.41, 5.74) is -0.933. The first-order chi connectivity index (χ1) is 22.1. The number of hydrogen-bond donors (Lipinski definition) is 6. The Bertz CT molecular complexity index is 1380. The van der Waals surface area contributed by atoms with Gasteiger partial charge in [0.2, 0.25) is 0 Å². The number of aliphatic carboxylic acids is 1. The number of aliphatic hydroxyl groups is 4. The Hall–Kier alpha value is -1.49. The molecule has 0 amide bonds. The normalized spacial score (nSPS) is 44.9. The number of carbonyl (C=O) groups is 2. The molecule has 48 heavy (non-hydrogen) atoms. The summed E-state index contributed by atoms with van der Waals surface area (Å²) in [4.78, 5) is 24.7. The molecular formula is C34H54O13S. The quantitative estimate of drug-likeness (QED) is 0.110. The number of rotatable bonds is 10.